The van der Waals surface area contributed by atoms with Crippen molar-refractivity contribution in [2.75, 3.05) is 17.1 Å². The second kappa shape index (κ2) is 5.91. The molecule has 1 fully saturated rings. The summed E-state index contributed by atoms with van der Waals surface area (Å²) in [6, 6.07) is 7.12. The predicted molar refractivity (Wildman–Crippen MR) is 72.4 cm³/mol. The van der Waals surface area contributed by atoms with E-state index in [4.69, 9.17) is 16.3 Å². The molecule has 1 atom stereocenters. The first kappa shape index (κ1) is 13.6. The second-order valence-electron chi connectivity index (χ2n) is 4.31. The minimum atomic E-state index is -3.38. The van der Waals surface area contributed by atoms with E-state index in [2.05, 4.69) is 4.72 Å². The first-order chi connectivity index (χ1) is 8.61. The van der Waals surface area contributed by atoms with Crippen LogP contribution < -0.4 is 4.72 Å². The molecule has 0 aliphatic carbocycles. The minimum Gasteiger partial charge on any atom is -0.377 e. The Bertz CT molecular complexity index is 498. The molecule has 0 aromatic heterocycles. The van der Waals surface area contributed by atoms with Gasteiger partial charge in [0.1, 0.15) is 0 Å². The number of nitrogens with one attached hydrogen (secondary N) is 1. The molecular weight excluding hydrogens is 274 g/mol. The molecule has 1 aromatic carbocycles. The monoisotopic (exact) mass is 289 g/mol. The lowest BCUT2D eigenvalue weighted by atomic mass is 10.2. The highest BCUT2D eigenvalue weighted by molar-refractivity contribution is 7.92. The number of ether oxygens (including phenoxy) is 1. The normalized spacial score (nSPS) is 19.9. The summed E-state index contributed by atoms with van der Waals surface area (Å²) < 4.78 is 31.9. The van der Waals surface area contributed by atoms with Crippen LogP contribution >= 0.6 is 11.6 Å². The summed E-state index contributed by atoms with van der Waals surface area (Å²) in [5, 5.41) is 0. The van der Waals surface area contributed by atoms with E-state index in [9.17, 15) is 8.42 Å². The number of alkyl halides is 1. The molecule has 0 bridgehead atoms. The van der Waals surface area contributed by atoms with Gasteiger partial charge in [-0.2, -0.15) is 0 Å². The van der Waals surface area contributed by atoms with Gasteiger partial charge in [-0.15, -0.1) is 11.6 Å². The van der Waals surface area contributed by atoms with Gasteiger partial charge in [-0.3, -0.25) is 4.72 Å². The van der Waals surface area contributed by atoms with Gasteiger partial charge in [-0.05, 0) is 24.5 Å². The van der Waals surface area contributed by atoms with Gasteiger partial charge in [0.2, 0.25) is 10.0 Å². The Morgan fingerprint density at radius 2 is 2.17 bits per heavy atom. The lowest BCUT2D eigenvalue weighted by Gasteiger charge is -2.13. The van der Waals surface area contributed by atoms with Crippen molar-refractivity contribution < 1.29 is 13.2 Å². The number of anilines is 1. The van der Waals surface area contributed by atoms with Gasteiger partial charge >= 0.3 is 0 Å². The Morgan fingerprint density at radius 1 is 1.39 bits per heavy atom. The van der Waals surface area contributed by atoms with E-state index in [-0.39, 0.29) is 17.7 Å². The van der Waals surface area contributed by atoms with Crippen LogP contribution in [0.2, 0.25) is 0 Å². The number of sulfonamides is 1. The fraction of sp³-hybridized carbons (Fsp3) is 0.500. The number of benzene rings is 1. The fourth-order valence-corrected chi connectivity index (χ4v) is 3.57. The first-order valence-electron chi connectivity index (χ1n) is 5.87. The SMILES string of the molecule is O=S(=O)(CC1CCCO1)Nc1ccccc1CCl. The van der Waals surface area contributed by atoms with Crippen molar-refractivity contribution in [3.05, 3.63) is 29.8 Å². The zero-order chi connectivity index (χ0) is 13.0. The van der Waals surface area contributed by atoms with Crippen molar-refractivity contribution in [1.29, 1.82) is 0 Å². The Morgan fingerprint density at radius 3 is 2.83 bits per heavy atom. The second-order valence-corrected chi connectivity index (χ2v) is 6.34. The molecule has 18 heavy (non-hydrogen) atoms. The van der Waals surface area contributed by atoms with Crippen molar-refractivity contribution >= 4 is 27.3 Å². The molecule has 0 amide bonds. The van der Waals surface area contributed by atoms with Crippen molar-refractivity contribution in [3.63, 3.8) is 0 Å². The third kappa shape index (κ3) is 3.60. The average Bonchev–Trinajstić information content (AvgIpc) is 2.81. The summed E-state index contributed by atoms with van der Waals surface area (Å²) in [6.45, 7) is 0.651. The highest BCUT2D eigenvalue weighted by Gasteiger charge is 2.23. The van der Waals surface area contributed by atoms with Gasteiger partial charge in [0.05, 0.1) is 17.5 Å². The molecule has 0 radical (unpaired) electrons. The zero-order valence-corrected chi connectivity index (χ0v) is 11.5. The molecule has 2 rings (SSSR count). The van der Waals surface area contributed by atoms with E-state index in [0.29, 0.717) is 12.3 Å². The molecule has 6 heteroatoms. The van der Waals surface area contributed by atoms with Gasteiger partial charge in [0.15, 0.2) is 0 Å². The maximum atomic E-state index is 12.0. The molecule has 1 aromatic rings. The predicted octanol–water partition coefficient (Wildman–Crippen LogP) is 2.35. The molecule has 1 unspecified atom stereocenters. The summed E-state index contributed by atoms with van der Waals surface area (Å²) in [5.41, 5.74) is 1.32. The van der Waals surface area contributed by atoms with Crippen LogP contribution in [0.25, 0.3) is 0 Å². The Balaban J connectivity index is 2.06. The molecule has 100 valence electrons. The van der Waals surface area contributed by atoms with E-state index >= 15 is 0 Å². The fourth-order valence-electron chi connectivity index (χ4n) is 1.97. The molecule has 1 aliphatic heterocycles. The third-order valence-electron chi connectivity index (χ3n) is 2.86. The van der Waals surface area contributed by atoms with Crippen LogP contribution in [-0.4, -0.2) is 26.9 Å². The molecule has 0 saturated carbocycles. The highest BCUT2D eigenvalue weighted by Crippen LogP contribution is 2.20. The maximum absolute atomic E-state index is 12.0. The Kier molecular flexibility index (Phi) is 4.48. The van der Waals surface area contributed by atoms with Crippen molar-refractivity contribution in [3.8, 4) is 0 Å². The van der Waals surface area contributed by atoms with Gasteiger partial charge in [0.25, 0.3) is 0 Å². The minimum absolute atomic E-state index is 0.00359. The van der Waals surface area contributed by atoms with Crippen LogP contribution in [0.15, 0.2) is 24.3 Å². The van der Waals surface area contributed by atoms with Crippen LogP contribution in [-0.2, 0) is 20.6 Å². The largest absolute Gasteiger partial charge is 0.377 e. The summed E-state index contributed by atoms with van der Waals surface area (Å²) in [5.74, 6) is 0.280. The molecule has 1 aliphatic rings. The number of halogens is 1. The molecule has 4 nitrogen and oxygen atoms in total. The van der Waals surface area contributed by atoms with E-state index in [1.807, 2.05) is 6.07 Å². The zero-order valence-electron chi connectivity index (χ0n) is 9.93. The quantitative estimate of drug-likeness (QED) is 0.847. The van der Waals surface area contributed by atoms with Crippen LogP contribution in [0.5, 0.6) is 0 Å². The van der Waals surface area contributed by atoms with Crippen molar-refractivity contribution in [2.45, 2.75) is 24.8 Å². The van der Waals surface area contributed by atoms with E-state index in [1.165, 1.54) is 0 Å². The van der Waals surface area contributed by atoms with Crippen LogP contribution in [0.3, 0.4) is 0 Å². The molecule has 1 heterocycles. The number of hydrogen-bond acceptors (Lipinski definition) is 3. The van der Waals surface area contributed by atoms with E-state index < -0.39 is 10.0 Å². The van der Waals surface area contributed by atoms with E-state index in [0.717, 1.165) is 18.4 Å². The van der Waals surface area contributed by atoms with Gasteiger partial charge < -0.3 is 4.74 Å². The number of rotatable bonds is 5. The number of hydrogen-bond donors (Lipinski definition) is 1. The van der Waals surface area contributed by atoms with Gasteiger partial charge in [-0.1, -0.05) is 18.2 Å². The van der Waals surface area contributed by atoms with Crippen molar-refractivity contribution in [2.24, 2.45) is 0 Å². The Hall–Kier alpha value is -0.780. The summed E-state index contributed by atoms with van der Waals surface area (Å²) in [4.78, 5) is 0. The standard InChI is InChI=1S/C12H16ClNO3S/c13-8-10-4-1-2-6-12(10)14-18(15,16)9-11-5-3-7-17-11/h1-2,4,6,11,14H,3,5,7-9H2. The van der Waals surface area contributed by atoms with Crippen molar-refractivity contribution in [1.82, 2.24) is 0 Å². The smallest absolute Gasteiger partial charge is 0.235 e. The summed E-state index contributed by atoms with van der Waals surface area (Å²) >= 11 is 5.77. The lowest BCUT2D eigenvalue weighted by molar-refractivity contribution is 0.127. The third-order valence-corrected chi connectivity index (χ3v) is 4.49. The van der Waals surface area contributed by atoms with Gasteiger partial charge in [0, 0.05) is 12.5 Å². The van der Waals surface area contributed by atoms with E-state index in [1.54, 1.807) is 18.2 Å². The summed E-state index contributed by atoms with van der Waals surface area (Å²) in [6.07, 6.45) is 1.54. The average molecular weight is 290 g/mol. The summed E-state index contributed by atoms with van der Waals surface area (Å²) in [7, 11) is -3.38. The molecule has 0 spiro atoms. The topological polar surface area (TPSA) is 55.4 Å². The van der Waals surface area contributed by atoms with Crippen LogP contribution in [0, 0.1) is 0 Å². The molecule has 1 saturated heterocycles. The maximum Gasteiger partial charge on any atom is 0.235 e. The highest BCUT2D eigenvalue weighted by atomic mass is 35.5. The lowest BCUT2D eigenvalue weighted by Crippen LogP contribution is -2.26. The first-order valence-corrected chi connectivity index (χ1v) is 8.05. The van der Waals surface area contributed by atoms with Crippen LogP contribution in [0.4, 0.5) is 5.69 Å². The molecular formula is C12H16ClNO3S. The number of para-hydroxylation sites is 1. The van der Waals surface area contributed by atoms with Crippen LogP contribution in [0.1, 0.15) is 18.4 Å². The molecule has 1 N–H and O–H groups in total. The van der Waals surface area contributed by atoms with Gasteiger partial charge in [-0.25, -0.2) is 8.42 Å². The Labute approximate surface area is 112 Å².